The van der Waals surface area contributed by atoms with E-state index < -0.39 is 0 Å². The molecule has 4 bridgehead atoms. The van der Waals surface area contributed by atoms with Gasteiger partial charge >= 0.3 is 0 Å². The molecule has 0 heterocycles. The Hall–Kier alpha value is -1.94. The van der Waals surface area contributed by atoms with Gasteiger partial charge in [0.2, 0.25) is 5.91 Å². The third kappa shape index (κ3) is 3.87. The van der Waals surface area contributed by atoms with E-state index >= 15 is 0 Å². The lowest BCUT2D eigenvalue weighted by Crippen LogP contribution is -2.48. The summed E-state index contributed by atoms with van der Waals surface area (Å²) in [6.07, 6.45) is 8.53. The number of amides is 1. The van der Waals surface area contributed by atoms with Crippen molar-refractivity contribution in [1.29, 1.82) is 0 Å². The summed E-state index contributed by atoms with van der Waals surface area (Å²) in [6, 6.07) is 16.6. The Kier molecular flexibility index (Phi) is 5.30. The van der Waals surface area contributed by atoms with Gasteiger partial charge < -0.3 is 10.1 Å². The van der Waals surface area contributed by atoms with Crippen LogP contribution in [-0.2, 0) is 10.2 Å². The van der Waals surface area contributed by atoms with Crippen molar-refractivity contribution in [3.05, 3.63) is 54.1 Å². The summed E-state index contributed by atoms with van der Waals surface area (Å²) >= 11 is 1.56. The molecule has 4 aliphatic rings. The number of ether oxygens (including phenoxy) is 1. The number of hydrogen-bond donors (Lipinski definition) is 1. The minimum Gasteiger partial charge on any atom is -0.497 e. The van der Waals surface area contributed by atoms with E-state index in [0.29, 0.717) is 5.41 Å². The molecule has 2 aromatic rings. The lowest BCUT2D eigenvalue weighted by molar-refractivity contribution is -0.115. The minimum absolute atomic E-state index is 0.0402. The van der Waals surface area contributed by atoms with Crippen LogP contribution in [0.3, 0.4) is 0 Å². The van der Waals surface area contributed by atoms with Gasteiger partial charge in [-0.25, -0.2) is 0 Å². The van der Waals surface area contributed by atoms with Crippen LogP contribution in [0.4, 0.5) is 5.69 Å². The molecule has 6 rings (SSSR count). The Labute approximate surface area is 184 Å². The van der Waals surface area contributed by atoms with Crippen LogP contribution in [0.5, 0.6) is 5.75 Å². The number of thioether (sulfide) groups is 1. The summed E-state index contributed by atoms with van der Waals surface area (Å²) in [5, 5.41) is 2.94. The van der Waals surface area contributed by atoms with Crippen molar-refractivity contribution in [3.8, 4) is 5.75 Å². The minimum atomic E-state index is -0.166. The fraction of sp³-hybridized carbons (Fsp3) is 0.500. The molecule has 0 saturated heterocycles. The van der Waals surface area contributed by atoms with Crippen molar-refractivity contribution in [2.45, 2.75) is 61.0 Å². The van der Waals surface area contributed by atoms with Crippen molar-refractivity contribution in [1.82, 2.24) is 0 Å². The summed E-state index contributed by atoms with van der Waals surface area (Å²) in [5.41, 5.74) is 2.81. The number of carbonyl (C=O) groups is 1. The molecule has 4 heteroatoms. The second-order valence-electron chi connectivity index (χ2n) is 9.70. The first-order valence-corrected chi connectivity index (χ1v) is 12.1. The van der Waals surface area contributed by atoms with E-state index in [-0.39, 0.29) is 11.2 Å². The van der Waals surface area contributed by atoms with Crippen LogP contribution in [0.15, 0.2) is 53.4 Å². The maximum absolute atomic E-state index is 12.7. The molecule has 4 fully saturated rings. The molecule has 4 saturated carbocycles. The number of rotatable bonds is 6. The van der Waals surface area contributed by atoms with Crippen LogP contribution in [0.1, 0.15) is 51.0 Å². The zero-order chi connectivity index (χ0) is 20.7. The van der Waals surface area contributed by atoms with Gasteiger partial charge in [0.25, 0.3) is 0 Å². The summed E-state index contributed by atoms with van der Waals surface area (Å²) in [7, 11) is 1.66. The topological polar surface area (TPSA) is 38.3 Å². The van der Waals surface area contributed by atoms with E-state index in [1.807, 2.05) is 31.2 Å². The Morgan fingerprint density at radius 3 is 2.07 bits per heavy atom. The van der Waals surface area contributed by atoms with E-state index in [2.05, 4.69) is 29.6 Å². The summed E-state index contributed by atoms with van der Waals surface area (Å²) in [4.78, 5) is 13.8. The summed E-state index contributed by atoms with van der Waals surface area (Å²) in [5.74, 6) is 3.72. The largest absolute Gasteiger partial charge is 0.497 e. The van der Waals surface area contributed by atoms with Gasteiger partial charge in [-0.05, 0) is 111 Å². The molecule has 1 atom stereocenters. The fourth-order valence-corrected chi connectivity index (χ4v) is 7.39. The van der Waals surface area contributed by atoms with Gasteiger partial charge in [0.15, 0.2) is 0 Å². The quantitative estimate of drug-likeness (QED) is 0.558. The smallest absolute Gasteiger partial charge is 0.237 e. The molecule has 3 nitrogen and oxygen atoms in total. The molecule has 4 aliphatic carbocycles. The number of carbonyl (C=O) groups excluding carboxylic acids is 1. The van der Waals surface area contributed by atoms with Crippen LogP contribution >= 0.6 is 11.8 Å². The average Bonchev–Trinajstić information content (AvgIpc) is 2.74. The van der Waals surface area contributed by atoms with E-state index in [4.69, 9.17) is 4.74 Å². The van der Waals surface area contributed by atoms with Crippen molar-refractivity contribution in [2.24, 2.45) is 17.8 Å². The highest BCUT2D eigenvalue weighted by molar-refractivity contribution is 8.00. The van der Waals surface area contributed by atoms with E-state index in [1.165, 1.54) is 44.1 Å². The lowest BCUT2D eigenvalue weighted by atomic mass is 9.48. The van der Waals surface area contributed by atoms with Crippen molar-refractivity contribution < 1.29 is 9.53 Å². The predicted molar refractivity (Wildman–Crippen MR) is 123 cm³/mol. The number of hydrogen-bond acceptors (Lipinski definition) is 3. The SMILES string of the molecule is COc1ccc(S[C@H](C)C(=O)Nc2ccc(C34CC5CC(CC(C5)C3)C4)cc2)cc1. The van der Waals surface area contributed by atoms with E-state index in [9.17, 15) is 4.79 Å². The summed E-state index contributed by atoms with van der Waals surface area (Å²) in [6.45, 7) is 1.95. The second-order valence-corrected chi connectivity index (χ2v) is 11.1. The molecule has 0 radical (unpaired) electrons. The third-order valence-electron chi connectivity index (χ3n) is 7.54. The number of nitrogens with one attached hydrogen (secondary N) is 1. The van der Waals surface area contributed by atoms with Gasteiger partial charge in [-0.1, -0.05) is 12.1 Å². The van der Waals surface area contributed by atoms with E-state index in [1.54, 1.807) is 18.9 Å². The Morgan fingerprint density at radius 1 is 0.967 bits per heavy atom. The van der Waals surface area contributed by atoms with Crippen LogP contribution in [-0.4, -0.2) is 18.3 Å². The zero-order valence-corrected chi connectivity index (χ0v) is 18.7. The average molecular weight is 422 g/mol. The van der Waals surface area contributed by atoms with E-state index in [0.717, 1.165) is 34.1 Å². The predicted octanol–water partition coefficient (Wildman–Crippen LogP) is 6.28. The Balaban J connectivity index is 1.22. The molecule has 158 valence electrons. The Morgan fingerprint density at radius 2 is 1.53 bits per heavy atom. The van der Waals surface area contributed by atoms with Gasteiger partial charge in [0.05, 0.1) is 12.4 Å². The standard InChI is InChI=1S/C26H31NO2S/c1-17(30-24-9-7-23(29-2)8-10-24)25(28)27-22-5-3-21(4-6-22)26-14-18-11-19(15-26)13-20(12-18)16-26/h3-10,17-20H,11-16H2,1-2H3,(H,27,28)/t17-,18?,19?,20?,26?/m1/s1. The van der Waals surface area contributed by atoms with Crippen molar-refractivity contribution in [3.63, 3.8) is 0 Å². The van der Waals surface area contributed by atoms with Gasteiger partial charge in [-0.15, -0.1) is 11.8 Å². The fourth-order valence-electron chi connectivity index (χ4n) is 6.53. The highest BCUT2D eigenvalue weighted by atomic mass is 32.2. The molecule has 2 aromatic carbocycles. The van der Waals surface area contributed by atoms with Gasteiger partial charge in [0.1, 0.15) is 5.75 Å². The Bertz CT molecular complexity index is 870. The first kappa shape index (κ1) is 20.0. The molecule has 0 unspecified atom stereocenters. The summed E-state index contributed by atoms with van der Waals surface area (Å²) < 4.78 is 5.20. The maximum atomic E-state index is 12.7. The van der Waals surface area contributed by atoms with Crippen LogP contribution in [0.2, 0.25) is 0 Å². The maximum Gasteiger partial charge on any atom is 0.237 e. The van der Waals surface area contributed by atoms with Crippen molar-refractivity contribution in [2.75, 3.05) is 12.4 Å². The first-order chi connectivity index (χ1) is 14.5. The zero-order valence-electron chi connectivity index (χ0n) is 17.9. The van der Waals surface area contributed by atoms with Gasteiger partial charge in [-0.3, -0.25) is 4.79 Å². The number of benzene rings is 2. The molecule has 1 amide bonds. The normalized spacial score (nSPS) is 30.1. The second kappa shape index (κ2) is 7.96. The highest BCUT2D eigenvalue weighted by Crippen LogP contribution is 2.60. The molecule has 0 spiro atoms. The number of methoxy groups -OCH3 is 1. The molecular formula is C26H31NO2S. The highest BCUT2D eigenvalue weighted by Gasteiger charge is 2.51. The lowest BCUT2D eigenvalue weighted by Gasteiger charge is -2.57. The van der Waals surface area contributed by atoms with Crippen LogP contribution in [0, 0.1) is 17.8 Å². The number of anilines is 1. The van der Waals surface area contributed by atoms with Crippen LogP contribution < -0.4 is 10.1 Å². The monoisotopic (exact) mass is 421 g/mol. The molecule has 1 N–H and O–H groups in total. The molecular weight excluding hydrogens is 390 g/mol. The molecule has 30 heavy (non-hydrogen) atoms. The molecule has 0 aliphatic heterocycles. The first-order valence-electron chi connectivity index (χ1n) is 11.2. The molecule has 0 aromatic heterocycles. The van der Waals surface area contributed by atoms with Gasteiger partial charge in [0, 0.05) is 10.6 Å². The third-order valence-corrected chi connectivity index (χ3v) is 8.66. The van der Waals surface area contributed by atoms with Crippen molar-refractivity contribution >= 4 is 23.4 Å². The van der Waals surface area contributed by atoms with Crippen LogP contribution in [0.25, 0.3) is 0 Å². The van der Waals surface area contributed by atoms with Gasteiger partial charge in [-0.2, -0.15) is 0 Å².